The quantitative estimate of drug-likeness (QED) is 0.215. The molecule has 0 unspecified atom stereocenters. The van der Waals surface area contributed by atoms with Crippen molar-refractivity contribution in [3.05, 3.63) is 140 Å². The highest BCUT2D eigenvalue weighted by molar-refractivity contribution is 6.29. The molecule has 10 rings (SSSR count). The minimum absolute atomic E-state index is 0.893. The van der Waals surface area contributed by atoms with E-state index in [0.29, 0.717) is 0 Å². The van der Waals surface area contributed by atoms with E-state index < -0.39 is 0 Å². The van der Waals surface area contributed by atoms with Crippen molar-refractivity contribution in [1.82, 2.24) is 14.1 Å². The molecule has 4 heteroatoms. The second-order valence-electron chi connectivity index (χ2n) is 11.2. The van der Waals surface area contributed by atoms with Gasteiger partial charge in [0.25, 0.3) is 0 Å². The molecule has 0 amide bonds. The van der Waals surface area contributed by atoms with E-state index in [1.54, 1.807) is 0 Å². The van der Waals surface area contributed by atoms with Crippen molar-refractivity contribution in [3.8, 4) is 11.5 Å². The highest BCUT2D eigenvalue weighted by atomic mass is 16.3. The molecule has 0 aliphatic carbocycles. The molecule has 10 aromatic rings. The predicted molar refractivity (Wildman–Crippen MR) is 178 cm³/mol. The van der Waals surface area contributed by atoms with Gasteiger partial charge in [0.05, 0.1) is 22.1 Å². The summed E-state index contributed by atoms with van der Waals surface area (Å²) < 4.78 is 11.0. The van der Waals surface area contributed by atoms with Crippen LogP contribution in [0.3, 0.4) is 0 Å². The van der Waals surface area contributed by atoms with Gasteiger partial charge in [-0.05, 0) is 53.9 Å². The summed E-state index contributed by atoms with van der Waals surface area (Å²) in [4.78, 5) is 4.94. The Hall–Kier alpha value is -5.87. The lowest BCUT2D eigenvalue weighted by Gasteiger charge is -2.11. The number of furan rings is 1. The van der Waals surface area contributed by atoms with Crippen LogP contribution in [-0.2, 0) is 0 Å². The molecule has 0 aliphatic rings. The third-order valence-corrected chi connectivity index (χ3v) is 8.96. The summed E-state index contributed by atoms with van der Waals surface area (Å²) in [6, 6.07) is 47.3. The van der Waals surface area contributed by atoms with E-state index in [-0.39, 0.29) is 0 Å². The number of pyridine rings is 1. The molecule has 0 aliphatic heterocycles. The van der Waals surface area contributed by atoms with Crippen LogP contribution < -0.4 is 0 Å². The van der Waals surface area contributed by atoms with Crippen LogP contribution in [0.4, 0.5) is 0 Å². The minimum Gasteiger partial charge on any atom is -0.456 e. The van der Waals surface area contributed by atoms with Crippen molar-refractivity contribution in [2.24, 2.45) is 0 Å². The summed E-state index contributed by atoms with van der Waals surface area (Å²) in [6.07, 6.45) is 1.91. The van der Waals surface area contributed by atoms with Gasteiger partial charge in [0, 0.05) is 55.7 Å². The van der Waals surface area contributed by atoms with E-state index in [4.69, 9.17) is 9.40 Å². The zero-order chi connectivity index (χ0) is 28.1. The zero-order valence-electron chi connectivity index (χ0n) is 23.0. The van der Waals surface area contributed by atoms with Crippen molar-refractivity contribution in [2.75, 3.05) is 0 Å². The lowest BCUT2D eigenvalue weighted by atomic mass is 10.1. The first-order valence-corrected chi connectivity index (χ1v) is 14.6. The highest BCUT2D eigenvalue weighted by Crippen LogP contribution is 2.43. The van der Waals surface area contributed by atoms with Crippen molar-refractivity contribution in [3.63, 3.8) is 0 Å². The summed E-state index contributed by atoms with van der Waals surface area (Å²) in [5.41, 5.74) is 7.51. The topological polar surface area (TPSA) is 35.9 Å². The van der Waals surface area contributed by atoms with E-state index in [2.05, 4.69) is 130 Å². The summed E-state index contributed by atoms with van der Waals surface area (Å²) in [5.74, 6) is 0.947. The Morgan fingerprint density at radius 1 is 0.442 bits per heavy atom. The Morgan fingerprint density at radius 2 is 1.05 bits per heavy atom. The molecule has 4 aromatic heterocycles. The fraction of sp³-hybridized carbons (Fsp3) is 0. The zero-order valence-corrected chi connectivity index (χ0v) is 23.0. The van der Waals surface area contributed by atoms with Crippen LogP contribution in [0.5, 0.6) is 0 Å². The maximum absolute atomic E-state index is 6.31. The number of nitrogens with zero attached hydrogens (tertiary/aromatic N) is 3. The van der Waals surface area contributed by atoms with Crippen LogP contribution in [0.15, 0.2) is 144 Å². The largest absolute Gasteiger partial charge is 0.456 e. The van der Waals surface area contributed by atoms with Gasteiger partial charge >= 0.3 is 0 Å². The van der Waals surface area contributed by atoms with Gasteiger partial charge < -0.3 is 8.98 Å². The second-order valence-corrected chi connectivity index (χ2v) is 11.2. The molecule has 0 radical (unpaired) electrons. The molecule has 200 valence electrons. The number of fused-ring (bicyclic) bond motifs is 11. The molecule has 6 aromatic carbocycles. The predicted octanol–water partition coefficient (Wildman–Crippen LogP) is 10.3. The normalized spacial score (nSPS) is 12.2. The summed E-state index contributed by atoms with van der Waals surface area (Å²) in [7, 11) is 0. The van der Waals surface area contributed by atoms with Gasteiger partial charge in [-0.1, -0.05) is 78.9 Å². The minimum atomic E-state index is 0.893. The standard InChI is InChI=1S/C39H23N3O/c1-2-10-26-24(9-1)21-22-40-39(26)42-32-15-7-4-13-30(32)38-34(42)20-19-33-37(38)29-12-3-6-14-31(29)41(33)25-17-18-28-27-11-5-8-16-35(27)43-36(28)23-25/h1-23H. The molecule has 0 spiro atoms. The molecule has 0 fully saturated rings. The van der Waals surface area contributed by atoms with Crippen molar-refractivity contribution in [2.45, 2.75) is 0 Å². The van der Waals surface area contributed by atoms with E-state index in [9.17, 15) is 0 Å². The van der Waals surface area contributed by atoms with Gasteiger partial charge in [-0.2, -0.15) is 0 Å². The summed E-state index contributed by atoms with van der Waals surface area (Å²) in [5, 5.41) is 9.51. The van der Waals surface area contributed by atoms with Crippen LogP contribution in [0.25, 0.3) is 87.8 Å². The maximum atomic E-state index is 6.31. The molecular formula is C39H23N3O. The molecule has 4 nitrogen and oxygen atoms in total. The summed E-state index contributed by atoms with van der Waals surface area (Å²) >= 11 is 0. The SMILES string of the molecule is c1ccc2c(-n3c4ccccc4c4c5c6ccccc6n(-c6ccc7c(c6)oc6ccccc67)c5ccc43)nccc2c1. The van der Waals surface area contributed by atoms with Gasteiger partial charge in [0.2, 0.25) is 0 Å². The number of rotatable bonds is 2. The lowest BCUT2D eigenvalue weighted by molar-refractivity contribution is 0.668. The molecule has 0 saturated carbocycles. The molecule has 0 N–H and O–H groups in total. The lowest BCUT2D eigenvalue weighted by Crippen LogP contribution is -1.98. The van der Waals surface area contributed by atoms with Gasteiger partial charge in [-0.3, -0.25) is 4.57 Å². The van der Waals surface area contributed by atoms with Crippen LogP contribution in [0, 0.1) is 0 Å². The smallest absolute Gasteiger partial charge is 0.145 e. The van der Waals surface area contributed by atoms with Crippen LogP contribution in [0.2, 0.25) is 0 Å². The molecule has 0 atom stereocenters. The first-order valence-electron chi connectivity index (χ1n) is 14.6. The first kappa shape index (κ1) is 22.8. The van der Waals surface area contributed by atoms with Gasteiger partial charge in [0.1, 0.15) is 17.0 Å². The number of hydrogen-bond donors (Lipinski definition) is 0. The fourth-order valence-electron chi connectivity index (χ4n) is 7.16. The number of benzene rings is 6. The van der Waals surface area contributed by atoms with Crippen LogP contribution >= 0.6 is 0 Å². The number of aromatic nitrogens is 3. The molecule has 0 saturated heterocycles. The second kappa shape index (κ2) is 8.34. The van der Waals surface area contributed by atoms with Gasteiger partial charge in [-0.25, -0.2) is 4.98 Å². The maximum Gasteiger partial charge on any atom is 0.145 e. The van der Waals surface area contributed by atoms with Crippen molar-refractivity contribution in [1.29, 1.82) is 0 Å². The average Bonchev–Trinajstić information content (AvgIpc) is 3.71. The summed E-state index contributed by atoms with van der Waals surface area (Å²) in [6.45, 7) is 0. The van der Waals surface area contributed by atoms with Crippen LogP contribution in [-0.4, -0.2) is 14.1 Å². The van der Waals surface area contributed by atoms with E-state index in [1.807, 2.05) is 18.3 Å². The van der Waals surface area contributed by atoms with Crippen molar-refractivity contribution >= 4 is 76.3 Å². The third-order valence-electron chi connectivity index (χ3n) is 8.96. The molecule has 4 heterocycles. The Labute approximate surface area is 245 Å². The highest BCUT2D eigenvalue weighted by Gasteiger charge is 2.21. The monoisotopic (exact) mass is 549 g/mol. The Bertz CT molecular complexity index is 2740. The Balaban J connectivity index is 1.35. The molecule has 43 heavy (non-hydrogen) atoms. The third kappa shape index (κ3) is 3.02. The number of para-hydroxylation sites is 3. The van der Waals surface area contributed by atoms with E-state index in [1.165, 1.54) is 32.4 Å². The Kier molecular flexibility index (Phi) is 4.42. The average molecular weight is 550 g/mol. The number of hydrogen-bond acceptors (Lipinski definition) is 2. The van der Waals surface area contributed by atoms with E-state index >= 15 is 0 Å². The first-order chi connectivity index (χ1) is 21.3. The van der Waals surface area contributed by atoms with Crippen molar-refractivity contribution < 1.29 is 4.42 Å². The Morgan fingerprint density at radius 3 is 1.84 bits per heavy atom. The van der Waals surface area contributed by atoms with Crippen LogP contribution in [0.1, 0.15) is 0 Å². The molecule has 0 bridgehead atoms. The van der Waals surface area contributed by atoms with Gasteiger partial charge in [0.15, 0.2) is 0 Å². The fourth-order valence-corrected chi connectivity index (χ4v) is 7.16. The van der Waals surface area contributed by atoms with E-state index in [0.717, 1.165) is 55.4 Å². The van der Waals surface area contributed by atoms with Gasteiger partial charge in [-0.15, -0.1) is 0 Å². The molecular weight excluding hydrogens is 526 g/mol.